The number of benzene rings is 1. The van der Waals surface area contributed by atoms with Gasteiger partial charge in [-0.2, -0.15) is 4.98 Å². The van der Waals surface area contributed by atoms with Crippen LogP contribution in [0.1, 0.15) is 26.0 Å². The van der Waals surface area contributed by atoms with E-state index in [1.54, 1.807) is 18.2 Å². The first-order chi connectivity index (χ1) is 10.4. The highest BCUT2D eigenvalue weighted by atomic mass is 35.5. The largest absolute Gasteiger partial charge is 0.354 e. The third kappa shape index (κ3) is 5.04. The summed E-state index contributed by atoms with van der Waals surface area (Å²) in [5.41, 5.74) is 1.60. The number of nitrogens with zero attached hydrogens (tertiary/aromatic N) is 2. The average molecular weight is 339 g/mol. The minimum atomic E-state index is 0.593. The van der Waals surface area contributed by atoms with E-state index in [0.717, 1.165) is 24.3 Å². The van der Waals surface area contributed by atoms with Crippen molar-refractivity contribution in [2.45, 2.75) is 27.2 Å². The zero-order valence-electron chi connectivity index (χ0n) is 13.0. The lowest BCUT2D eigenvalue weighted by Crippen LogP contribution is -2.09. The zero-order chi connectivity index (χ0) is 16.1. The molecule has 1 aromatic heterocycles. The molecule has 0 unspecified atom stereocenters. The van der Waals surface area contributed by atoms with Crippen LogP contribution in [0.15, 0.2) is 24.3 Å². The molecule has 118 valence electrons. The van der Waals surface area contributed by atoms with Crippen molar-refractivity contribution in [3.8, 4) is 0 Å². The molecule has 0 fully saturated rings. The van der Waals surface area contributed by atoms with Gasteiger partial charge in [0.05, 0.1) is 10.7 Å². The molecule has 0 aliphatic rings. The van der Waals surface area contributed by atoms with Crippen molar-refractivity contribution in [3.05, 3.63) is 40.0 Å². The molecule has 2 rings (SSSR count). The average Bonchev–Trinajstić information content (AvgIpc) is 2.42. The molecule has 0 aliphatic carbocycles. The monoisotopic (exact) mass is 338 g/mol. The van der Waals surface area contributed by atoms with E-state index < -0.39 is 0 Å². The fraction of sp³-hybridized carbons (Fsp3) is 0.375. The number of hydrogen-bond acceptors (Lipinski definition) is 4. The second-order valence-corrected chi connectivity index (χ2v) is 6.42. The summed E-state index contributed by atoms with van der Waals surface area (Å²) in [6.45, 7) is 7.15. The van der Waals surface area contributed by atoms with Gasteiger partial charge < -0.3 is 10.6 Å². The Hall–Kier alpha value is -1.52. The molecule has 4 nitrogen and oxygen atoms in total. The molecule has 1 heterocycles. The minimum absolute atomic E-state index is 0.593. The molecule has 1 aromatic carbocycles. The normalized spacial score (nSPS) is 10.8. The van der Waals surface area contributed by atoms with Crippen molar-refractivity contribution in [2.75, 3.05) is 17.2 Å². The van der Waals surface area contributed by atoms with Gasteiger partial charge in [0.1, 0.15) is 5.82 Å². The summed E-state index contributed by atoms with van der Waals surface area (Å²) in [4.78, 5) is 8.85. The fourth-order valence-electron chi connectivity index (χ4n) is 1.92. The van der Waals surface area contributed by atoms with E-state index in [2.05, 4.69) is 34.4 Å². The molecule has 2 aromatic rings. The number of rotatable bonds is 6. The summed E-state index contributed by atoms with van der Waals surface area (Å²) >= 11 is 12.2. The molecule has 0 bridgehead atoms. The maximum Gasteiger partial charge on any atom is 0.224 e. The summed E-state index contributed by atoms with van der Waals surface area (Å²) in [7, 11) is 0. The Balaban J connectivity index is 2.13. The molecular formula is C16H20Cl2N4. The van der Waals surface area contributed by atoms with Gasteiger partial charge in [-0.1, -0.05) is 37.0 Å². The van der Waals surface area contributed by atoms with E-state index >= 15 is 0 Å². The fourth-order valence-corrected chi connectivity index (χ4v) is 2.25. The number of aryl methyl sites for hydroxylation is 1. The van der Waals surface area contributed by atoms with Crippen molar-refractivity contribution in [2.24, 2.45) is 5.92 Å². The lowest BCUT2D eigenvalue weighted by molar-refractivity contribution is 0.606. The highest BCUT2D eigenvalue weighted by Crippen LogP contribution is 2.28. The highest BCUT2D eigenvalue weighted by Gasteiger charge is 2.06. The third-order valence-electron chi connectivity index (χ3n) is 3.05. The van der Waals surface area contributed by atoms with Crippen LogP contribution in [0.5, 0.6) is 0 Å². The van der Waals surface area contributed by atoms with Gasteiger partial charge in [0, 0.05) is 23.3 Å². The molecule has 2 N–H and O–H groups in total. The SMILES string of the molecule is Cc1cc(Nc2cc(Cl)ccc2Cl)nc(NCCC(C)C)n1. The first-order valence-corrected chi connectivity index (χ1v) is 8.01. The lowest BCUT2D eigenvalue weighted by Gasteiger charge is -2.12. The molecule has 0 atom stereocenters. The van der Waals surface area contributed by atoms with Crippen LogP contribution in [-0.2, 0) is 0 Å². The second kappa shape index (κ2) is 7.65. The number of anilines is 3. The van der Waals surface area contributed by atoms with Gasteiger partial charge in [0.25, 0.3) is 0 Å². The molecule has 0 radical (unpaired) electrons. The van der Waals surface area contributed by atoms with E-state index in [-0.39, 0.29) is 0 Å². The van der Waals surface area contributed by atoms with E-state index in [1.807, 2.05) is 13.0 Å². The molecule has 0 saturated carbocycles. The first-order valence-electron chi connectivity index (χ1n) is 7.25. The Labute approximate surface area is 141 Å². The van der Waals surface area contributed by atoms with E-state index in [0.29, 0.717) is 27.7 Å². The predicted molar refractivity (Wildman–Crippen MR) is 94.5 cm³/mol. The topological polar surface area (TPSA) is 49.8 Å². The maximum atomic E-state index is 6.16. The van der Waals surface area contributed by atoms with Crippen molar-refractivity contribution >= 4 is 40.7 Å². The molecule has 22 heavy (non-hydrogen) atoms. The lowest BCUT2D eigenvalue weighted by atomic mass is 10.1. The molecule has 6 heteroatoms. The van der Waals surface area contributed by atoms with Crippen LogP contribution >= 0.6 is 23.2 Å². The Kier molecular flexibility index (Phi) is 5.86. The number of hydrogen-bond donors (Lipinski definition) is 2. The highest BCUT2D eigenvalue weighted by molar-refractivity contribution is 6.35. The predicted octanol–water partition coefficient (Wildman–Crippen LogP) is 5.29. The first kappa shape index (κ1) is 16.8. The van der Waals surface area contributed by atoms with Crippen molar-refractivity contribution in [3.63, 3.8) is 0 Å². The summed E-state index contributed by atoms with van der Waals surface area (Å²) in [6.07, 6.45) is 1.07. The van der Waals surface area contributed by atoms with E-state index in [1.165, 1.54) is 0 Å². The van der Waals surface area contributed by atoms with Crippen LogP contribution in [0.3, 0.4) is 0 Å². The zero-order valence-corrected chi connectivity index (χ0v) is 14.5. The second-order valence-electron chi connectivity index (χ2n) is 5.58. The van der Waals surface area contributed by atoms with E-state index in [4.69, 9.17) is 23.2 Å². The Morgan fingerprint density at radius 1 is 1.14 bits per heavy atom. The van der Waals surface area contributed by atoms with Gasteiger partial charge in [-0.25, -0.2) is 4.98 Å². The van der Waals surface area contributed by atoms with Crippen LogP contribution in [0.2, 0.25) is 10.0 Å². The molecule has 0 spiro atoms. The van der Waals surface area contributed by atoms with Gasteiger partial charge in [0.15, 0.2) is 0 Å². The smallest absolute Gasteiger partial charge is 0.224 e. The Morgan fingerprint density at radius 2 is 1.91 bits per heavy atom. The minimum Gasteiger partial charge on any atom is -0.354 e. The maximum absolute atomic E-state index is 6.16. The van der Waals surface area contributed by atoms with Crippen LogP contribution in [-0.4, -0.2) is 16.5 Å². The number of nitrogens with one attached hydrogen (secondary N) is 2. The Bertz CT molecular complexity index is 644. The van der Waals surface area contributed by atoms with Crippen LogP contribution < -0.4 is 10.6 Å². The Morgan fingerprint density at radius 3 is 2.64 bits per heavy atom. The van der Waals surface area contributed by atoms with Crippen LogP contribution in [0, 0.1) is 12.8 Å². The van der Waals surface area contributed by atoms with Gasteiger partial charge in [-0.3, -0.25) is 0 Å². The molecule has 0 aliphatic heterocycles. The molecule has 0 amide bonds. The van der Waals surface area contributed by atoms with Crippen molar-refractivity contribution in [1.82, 2.24) is 9.97 Å². The summed E-state index contributed by atoms with van der Waals surface area (Å²) < 4.78 is 0. The van der Waals surface area contributed by atoms with Crippen LogP contribution in [0.4, 0.5) is 17.5 Å². The van der Waals surface area contributed by atoms with Crippen molar-refractivity contribution < 1.29 is 0 Å². The van der Waals surface area contributed by atoms with Gasteiger partial charge >= 0.3 is 0 Å². The number of halogens is 2. The molecular weight excluding hydrogens is 319 g/mol. The summed E-state index contributed by atoms with van der Waals surface area (Å²) in [5.74, 6) is 1.94. The van der Waals surface area contributed by atoms with Crippen molar-refractivity contribution in [1.29, 1.82) is 0 Å². The van der Waals surface area contributed by atoms with Gasteiger partial charge in [-0.05, 0) is 37.5 Å². The van der Waals surface area contributed by atoms with Gasteiger partial charge in [-0.15, -0.1) is 0 Å². The summed E-state index contributed by atoms with van der Waals surface area (Å²) in [5, 5.41) is 7.64. The summed E-state index contributed by atoms with van der Waals surface area (Å²) in [6, 6.07) is 7.14. The molecule has 0 saturated heterocycles. The van der Waals surface area contributed by atoms with Crippen LogP contribution in [0.25, 0.3) is 0 Å². The number of aromatic nitrogens is 2. The third-order valence-corrected chi connectivity index (χ3v) is 3.61. The van der Waals surface area contributed by atoms with E-state index in [9.17, 15) is 0 Å². The van der Waals surface area contributed by atoms with Gasteiger partial charge in [0.2, 0.25) is 5.95 Å². The standard InChI is InChI=1S/C16H20Cl2N4/c1-10(2)6-7-19-16-20-11(3)8-15(22-16)21-14-9-12(17)4-5-13(14)18/h4-5,8-10H,6-7H2,1-3H3,(H2,19,20,21,22). The quantitative estimate of drug-likeness (QED) is 0.750.